The third-order valence-electron chi connectivity index (χ3n) is 4.56. The molecular formula is C22H24N2O4. The number of hydrogen-bond acceptors (Lipinski definition) is 5. The summed E-state index contributed by atoms with van der Waals surface area (Å²) in [5.41, 5.74) is 3.23. The van der Waals surface area contributed by atoms with Crippen molar-refractivity contribution in [3.63, 3.8) is 0 Å². The zero-order valence-electron chi connectivity index (χ0n) is 16.3. The molecule has 3 rings (SSSR count). The van der Waals surface area contributed by atoms with Crippen LogP contribution in [0.25, 0.3) is 0 Å². The highest BCUT2D eigenvalue weighted by atomic mass is 16.5. The quantitative estimate of drug-likeness (QED) is 0.642. The fourth-order valence-electron chi connectivity index (χ4n) is 2.95. The SMILES string of the molecule is COc1ccccc1CCNC(=O)c1ccccc1OCc1c(C)noc1C. The number of carbonyl (C=O) groups is 1. The molecule has 0 saturated heterocycles. The molecule has 3 aromatic rings. The molecule has 0 aliphatic carbocycles. The van der Waals surface area contributed by atoms with Gasteiger partial charge < -0.3 is 19.3 Å². The first-order valence-electron chi connectivity index (χ1n) is 9.13. The molecule has 1 N–H and O–H groups in total. The lowest BCUT2D eigenvalue weighted by atomic mass is 10.1. The van der Waals surface area contributed by atoms with Crippen LogP contribution in [0.1, 0.15) is 32.9 Å². The highest BCUT2D eigenvalue weighted by Crippen LogP contribution is 2.22. The van der Waals surface area contributed by atoms with Gasteiger partial charge in [0.2, 0.25) is 0 Å². The minimum absolute atomic E-state index is 0.177. The Balaban J connectivity index is 1.62. The summed E-state index contributed by atoms with van der Waals surface area (Å²) in [7, 11) is 1.64. The molecule has 0 unspecified atom stereocenters. The lowest BCUT2D eigenvalue weighted by molar-refractivity contribution is 0.0949. The van der Waals surface area contributed by atoms with Crippen LogP contribution in [-0.2, 0) is 13.0 Å². The predicted molar refractivity (Wildman–Crippen MR) is 106 cm³/mol. The average molecular weight is 380 g/mol. The van der Waals surface area contributed by atoms with Gasteiger partial charge in [-0.1, -0.05) is 35.5 Å². The summed E-state index contributed by atoms with van der Waals surface area (Å²) in [4.78, 5) is 12.7. The van der Waals surface area contributed by atoms with Crippen LogP contribution < -0.4 is 14.8 Å². The Kier molecular flexibility index (Phi) is 6.32. The van der Waals surface area contributed by atoms with E-state index < -0.39 is 0 Å². The first kappa shape index (κ1) is 19.5. The topological polar surface area (TPSA) is 73.6 Å². The summed E-state index contributed by atoms with van der Waals surface area (Å²) in [5.74, 6) is 1.89. The number of amides is 1. The van der Waals surface area contributed by atoms with E-state index in [2.05, 4.69) is 10.5 Å². The van der Waals surface area contributed by atoms with E-state index in [1.54, 1.807) is 19.2 Å². The van der Waals surface area contributed by atoms with E-state index in [0.29, 0.717) is 30.9 Å². The third kappa shape index (κ3) is 4.52. The van der Waals surface area contributed by atoms with Crippen molar-refractivity contribution in [1.29, 1.82) is 0 Å². The predicted octanol–water partition coefficient (Wildman–Crippen LogP) is 3.85. The van der Waals surface area contributed by atoms with Gasteiger partial charge >= 0.3 is 0 Å². The standard InChI is InChI=1S/C22H24N2O4/c1-15-19(16(2)28-24-15)14-27-21-11-7-5-9-18(21)22(25)23-13-12-17-8-4-6-10-20(17)26-3/h4-11H,12-14H2,1-3H3,(H,23,25). The second-order valence-corrected chi connectivity index (χ2v) is 6.41. The number of methoxy groups -OCH3 is 1. The molecule has 0 radical (unpaired) electrons. The number of aryl methyl sites for hydroxylation is 2. The van der Waals surface area contributed by atoms with E-state index in [4.69, 9.17) is 14.0 Å². The minimum atomic E-state index is -0.177. The van der Waals surface area contributed by atoms with Crippen molar-refractivity contribution < 1.29 is 18.8 Å². The van der Waals surface area contributed by atoms with Gasteiger partial charge in [-0.05, 0) is 44.0 Å². The number of rotatable bonds is 8. The van der Waals surface area contributed by atoms with E-state index in [9.17, 15) is 4.79 Å². The van der Waals surface area contributed by atoms with Gasteiger partial charge in [0.15, 0.2) is 0 Å². The molecule has 0 saturated carbocycles. The summed E-state index contributed by atoms with van der Waals surface area (Å²) < 4.78 is 16.4. The fourth-order valence-corrected chi connectivity index (χ4v) is 2.95. The Bertz CT molecular complexity index is 930. The zero-order chi connectivity index (χ0) is 19.9. The summed E-state index contributed by atoms with van der Waals surface area (Å²) in [6.07, 6.45) is 0.678. The van der Waals surface area contributed by atoms with Gasteiger partial charge in [-0.15, -0.1) is 0 Å². The lowest BCUT2D eigenvalue weighted by Crippen LogP contribution is -2.26. The maximum Gasteiger partial charge on any atom is 0.255 e. The number of nitrogens with zero attached hydrogens (tertiary/aromatic N) is 1. The normalized spacial score (nSPS) is 10.5. The second-order valence-electron chi connectivity index (χ2n) is 6.41. The van der Waals surface area contributed by atoms with Crippen molar-refractivity contribution in [3.05, 3.63) is 76.7 Å². The molecule has 0 bridgehead atoms. The van der Waals surface area contributed by atoms with Gasteiger partial charge in [-0.25, -0.2) is 0 Å². The molecule has 1 aromatic heterocycles. The van der Waals surface area contributed by atoms with E-state index in [1.165, 1.54) is 0 Å². The van der Waals surface area contributed by atoms with Gasteiger partial charge in [-0.2, -0.15) is 0 Å². The number of para-hydroxylation sites is 2. The van der Waals surface area contributed by atoms with Gasteiger partial charge in [0.25, 0.3) is 5.91 Å². The van der Waals surface area contributed by atoms with Crippen LogP contribution in [0.4, 0.5) is 0 Å². The van der Waals surface area contributed by atoms with Gasteiger partial charge in [0, 0.05) is 6.54 Å². The summed E-state index contributed by atoms with van der Waals surface area (Å²) in [6, 6.07) is 15.0. The molecule has 6 nitrogen and oxygen atoms in total. The monoisotopic (exact) mass is 380 g/mol. The van der Waals surface area contributed by atoms with Crippen LogP contribution in [0.5, 0.6) is 11.5 Å². The maximum absolute atomic E-state index is 12.7. The van der Waals surface area contributed by atoms with E-state index in [1.807, 2.05) is 50.2 Å². The molecule has 2 aromatic carbocycles. The molecular weight excluding hydrogens is 356 g/mol. The number of hydrogen-bond donors (Lipinski definition) is 1. The third-order valence-corrected chi connectivity index (χ3v) is 4.56. The molecule has 1 heterocycles. The molecule has 0 atom stereocenters. The van der Waals surface area contributed by atoms with E-state index >= 15 is 0 Å². The van der Waals surface area contributed by atoms with E-state index in [0.717, 1.165) is 28.3 Å². The van der Waals surface area contributed by atoms with Crippen molar-refractivity contribution in [1.82, 2.24) is 10.5 Å². The molecule has 146 valence electrons. The molecule has 0 fully saturated rings. The number of carbonyl (C=O) groups excluding carboxylic acids is 1. The highest BCUT2D eigenvalue weighted by Gasteiger charge is 2.15. The fraction of sp³-hybridized carbons (Fsp3) is 0.273. The van der Waals surface area contributed by atoms with Crippen molar-refractivity contribution in [2.24, 2.45) is 0 Å². The Labute approximate surface area is 164 Å². The summed E-state index contributed by atoms with van der Waals surface area (Å²) in [5, 5.41) is 6.87. The average Bonchev–Trinajstić information content (AvgIpc) is 3.04. The largest absolute Gasteiger partial charge is 0.496 e. The maximum atomic E-state index is 12.7. The van der Waals surface area contributed by atoms with Crippen molar-refractivity contribution in [2.75, 3.05) is 13.7 Å². The van der Waals surface area contributed by atoms with Gasteiger partial charge in [0.1, 0.15) is 23.9 Å². The Morgan fingerprint density at radius 3 is 2.50 bits per heavy atom. The molecule has 0 aliphatic rings. The Hall–Kier alpha value is -3.28. The summed E-state index contributed by atoms with van der Waals surface area (Å²) in [6.45, 7) is 4.50. The number of aromatic nitrogens is 1. The van der Waals surface area contributed by atoms with Crippen molar-refractivity contribution in [3.8, 4) is 11.5 Å². The molecule has 6 heteroatoms. The van der Waals surface area contributed by atoms with Crippen molar-refractivity contribution >= 4 is 5.91 Å². The van der Waals surface area contributed by atoms with E-state index in [-0.39, 0.29) is 5.91 Å². The first-order chi connectivity index (χ1) is 13.6. The molecule has 28 heavy (non-hydrogen) atoms. The van der Waals surface area contributed by atoms with Crippen LogP contribution in [0, 0.1) is 13.8 Å². The van der Waals surface area contributed by atoms with Crippen LogP contribution in [0.3, 0.4) is 0 Å². The lowest BCUT2D eigenvalue weighted by Gasteiger charge is -2.12. The van der Waals surface area contributed by atoms with Gasteiger partial charge in [-0.3, -0.25) is 4.79 Å². The molecule has 0 spiro atoms. The van der Waals surface area contributed by atoms with Crippen molar-refractivity contribution in [2.45, 2.75) is 26.9 Å². The smallest absolute Gasteiger partial charge is 0.255 e. The summed E-state index contributed by atoms with van der Waals surface area (Å²) >= 11 is 0. The number of benzene rings is 2. The minimum Gasteiger partial charge on any atom is -0.496 e. The molecule has 0 aliphatic heterocycles. The Morgan fingerprint density at radius 1 is 1.07 bits per heavy atom. The Morgan fingerprint density at radius 2 is 1.79 bits per heavy atom. The zero-order valence-corrected chi connectivity index (χ0v) is 16.3. The molecule has 1 amide bonds. The first-order valence-corrected chi connectivity index (χ1v) is 9.13. The van der Waals surface area contributed by atoms with Crippen LogP contribution >= 0.6 is 0 Å². The highest BCUT2D eigenvalue weighted by molar-refractivity contribution is 5.96. The van der Waals surface area contributed by atoms with Crippen LogP contribution in [-0.4, -0.2) is 24.7 Å². The second kappa shape index (κ2) is 9.08. The van der Waals surface area contributed by atoms with Gasteiger partial charge in [0.05, 0.1) is 23.9 Å². The number of ether oxygens (including phenoxy) is 2. The number of nitrogens with one attached hydrogen (secondary N) is 1. The van der Waals surface area contributed by atoms with Crippen LogP contribution in [0.2, 0.25) is 0 Å². The van der Waals surface area contributed by atoms with Crippen LogP contribution in [0.15, 0.2) is 53.1 Å².